The maximum atomic E-state index is 13.1. The van der Waals surface area contributed by atoms with E-state index in [0.717, 1.165) is 36.5 Å². The number of nitrogens with zero attached hydrogens (tertiary/aromatic N) is 6. The van der Waals surface area contributed by atoms with Gasteiger partial charge in [-0.05, 0) is 44.9 Å². The Morgan fingerprint density at radius 1 is 1.19 bits per heavy atom. The molecule has 3 aromatic rings. The van der Waals surface area contributed by atoms with E-state index in [1.807, 2.05) is 19.9 Å². The first kappa shape index (κ1) is 21.5. The molecule has 1 atom stereocenters. The minimum absolute atomic E-state index is 0.0535. The van der Waals surface area contributed by atoms with Gasteiger partial charge in [-0.1, -0.05) is 11.8 Å². The average molecular weight is 450 g/mol. The quantitative estimate of drug-likeness (QED) is 0.446. The molecular formula is C20H21F3N6OS. The number of thioether (sulfide) groups is 1. The van der Waals surface area contributed by atoms with Gasteiger partial charge in [0.2, 0.25) is 5.91 Å². The third-order valence-electron chi connectivity index (χ3n) is 5.18. The summed E-state index contributed by atoms with van der Waals surface area (Å²) < 4.78 is 40.7. The van der Waals surface area contributed by atoms with E-state index in [0.29, 0.717) is 29.7 Å². The molecule has 4 heterocycles. The molecule has 4 rings (SSSR count). The van der Waals surface area contributed by atoms with Gasteiger partial charge in [0.25, 0.3) is 0 Å². The largest absolute Gasteiger partial charge is 0.417 e. The Hall–Kier alpha value is -2.69. The number of aromatic nitrogens is 5. The molecule has 31 heavy (non-hydrogen) atoms. The van der Waals surface area contributed by atoms with Crippen LogP contribution in [0.4, 0.5) is 13.2 Å². The lowest BCUT2D eigenvalue weighted by Crippen LogP contribution is -2.40. The van der Waals surface area contributed by atoms with Crippen LogP contribution >= 0.6 is 11.8 Å². The molecule has 11 heteroatoms. The van der Waals surface area contributed by atoms with Gasteiger partial charge < -0.3 is 4.90 Å². The fourth-order valence-corrected chi connectivity index (χ4v) is 4.60. The summed E-state index contributed by atoms with van der Waals surface area (Å²) in [5.74, 6) is 0.416. The van der Waals surface area contributed by atoms with E-state index in [1.165, 1.54) is 22.2 Å². The lowest BCUT2D eigenvalue weighted by Gasteiger charge is -2.32. The molecule has 164 valence electrons. The number of likely N-dealkylation sites (tertiary alicyclic amines) is 1. The zero-order chi connectivity index (χ0) is 22.2. The van der Waals surface area contributed by atoms with Crippen molar-refractivity contribution in [2.45, 2.75) is 43.9 Å². The summed E-state index contributed by atoms with van der Waals surface area (Å²) >= 11 is 1.28. The maximum absolute atomic E-state index is 13.1. The maximum Gasteiger partial charge on any atom is 0.417 e. The second kappa shape index (κ2) is 8.45. The van der Waals surface area contributed by atoms with Crippen molar-refractivity contribution in [1.82, 2.24) is 29.5 Å². The summed E-state index contributed by atoms with van der Waals surface area (Å²) in [4.78, 5) is 23.2. The van der Waals surface area contributed by atoms with Crippen LogP contribution in [0.15, 0.2) is 29.6 Å². The van der Waals surface area contributed by atoms with Gasteiger partial charge in [-0.2, -0.15) is 13.2 Å². The van der Waals surface area contributed by atoms with Gasteiger partial charge in [0, 0.05) is 36.6 Å². The van der Waals surface area contributed by atoms with Gasteiger partial charge in [-0.25, -0.2) is 9.97 Å². The predicted octanol–water partition coefficient (Wildman–Crippen LogP) is 3.65. The summed E-state index contributed by atoms with van der Waals surface area (Å²) in [6.07, 6.45) is -1.94. The number of hydrogen-bond acceptors (Lipinski definition) is 6. The molecule has 0 aliphatic carbocycles. The number of rotatable bonds is 4. The fourth-order valence-electron chi connectivity index (χ4n) is 3.74. The van der Waals surface area contributed by atoms with Gasteiger partial charge in [0.05, 0.1) is 11.3 Å². The van der Waals surface area contributed by atoms with Crippen molar-refractivity contribution in [3.05, 3.63) is 47.2 Å². The molecular weight excluding hydrogens is 429 g/mol. The predicted molar refractivity (Wildman–Crippen MR) is 109 cm³/mol. The molecule has 1 unspecified atom stereocenters. The van der Waals surface area contributed by atoms with E-state index in [-0.39, 0.29) is 17.6 Å². The Morgan fingerprint density at radius 2 is 1.94 bits per heavy atom. The van der Waals surface area contributed by atoms with Crippen molar-refractivity contribution in [3.8, 4) is 0 Å². The molecule has 0 bridgehead atoms. The Bertz CT molecular complexity index is 1100. The summed E-state index contributed by atoms with van der Waals surface area (Å²) in [6, 6.07) is 4.18. The molecule has 1 aliphatic heterocycles. The van der Waals surface area contributed by atoms with E-state index >= 15 is 0 Å². The van der Waals surface area contributed by atoms with Crippen LogP contribution in [-0.2, 0) is 11.0 Å². The zero-order valence-electron chi connectivity index (χ0n) is 17.1. The van der Waals surface area contributed by atoms with Crippen molar-refractivity contribution >= 4 is 23.3 Å². The number of aryl methyl sites for hydroxylation is 2. The number of alkyl halides is 3. The smallest absolute Gasteiger partial charge is 0.341 e. The molecule has 1 aliphatic rings. The third-order valence-corrected chi connectivity index (χ3v) is 6.01. The Balaban J connectivity index is 1.47. The topological polar surface area (TPSA) is 76.3 Å². The highest BCUT2D eigenvalue weighted by Gasteiger charge is 2.32. The molecule has 1 fully saturated rings. The SMILES string of the molecule is Cc1cc(C)nc(SCC(=O)N2CCCC(c3nnc4ccc(C(F)(F)F)cn34)C2)n1. The van der Waals surface area contributed by atoms with E-state index in [4.69, 9.17) is 0 Å². The van der Waals surface area contributed by atoms with Crippen molar-refractivity contribution < 1.29 is 18.0 Å². The molecule has 0 saturated carbocycles. The third kappa shape index (κ3) is 4.81. The van der Waals surface area contributed by atoms with Gasteiger partial charge in [-0.15, -0.1) is 10.2 Å². The zero-order valence-corrected chi connectivity index (χ0v) is 17.9. The summed E-state index contributed by atoms with van der Waals surface area (Å²) in [6.45, 7) is 4.75. The first-order valence-corrected chi connectivity index (χ1v) is 10.8. The van der Waals surface area contributed by atoms with Gasteiger partial charge in [-0.3, -0.25) is 9.20 Å². The highest BCUT2D eigenvalue weighted by atomic mass is 32.2. The van der Waals surface area contributed by atoms with Crippen LogP contribution in [0.2, 0.25) is 0 Å². The van der Waals surface area contributed by atoms with Crippen molar-refractivity contribution in [2.24, 2.45) is 0 Å². The van der Waals surface area contributed by atoms with Crippen LogP contribution in [0.5, 0.6) is 0 Å². The van der Waals surface area contributed by atoms with E-state index in [9.17, 15) is 18.0 Å². The molecule has 0 radical (unpaired) electrons. The Morgan fingerprint density at radius 3 is 2.65 bits per heavy atom. The number of amides is 1. The molecule has 1 saturated heterocycles. The molecule has 3 aromatic heterocycles. The number of halogens is 3. The van der Waals surface area contributed by atoms with Crippen LogP contribution < -0.4 is 0 Å². The second-order valence-electron chi connectivity index (χ2n) is 7.60. The van der Waals surface area contributed by atoms with Crippen LogP contribution in [0, 0.1) is 13.8 Å². The first-order chi connectivity index (χ1) is 14.7. The van der Waals surface area contributed by atoms with Crippen LogP contribution in [0.1, 0.15) is 41.5 Å². The summed E-state index contributed by atoms with van der Waals surface area (Å²) in [5.41, 5.74) is 1.29. The van der Waals surface area contributed by atoms with Gasteiger partial charge in [0.1, 0.15) is 5.82 Å². The van der Waals surface area contributed by atoms with E-state index in [2.05, 4.69) is 20.2 Å². The lowest BCUT2D eigenvalue weighted by atomic mass is 9.97. The minimum Gasteiger partial charge on any atom is -0.341 e. The highest BCUT2D eigenvalue weighted by molar-refractivity contribution is 7.99. The lowest BCUT2D eigenvalue weighted by molar-refractivity contribution is -0.137. The number of fused-ring (bicyclic) bond motifs is 1. The Labute approximate surface area is 181 Å². The number of hydrogen-bond donors (Lipinski definition) is 0. The summed E-state index contributed by atoms with van der Waals surface area (Å²) in [5, 5.41) is 8.69. The fraction of sp³-hybridized carbons (Fsp3) is 0.450. The van der Waals surface area contributed by atoms with E-state index in [1.54, 1.807) is 4.90 Å². The van der Waals surface area contributed by atoms with Crippen LogP contribution in [0.3, 0.4) is 0 Å². The van der Waals surface area contributed by atoms with Gasteiger partial charge in [0.15, 0.2) is 10.8 Å². The van der Waals surface area contributed by atoms with Crippen LogP contribution in [-0.4, -0.2) is 54.2 Å². The highest BCUT2D eigenvalue weighted by Crippen LogP contribution is 2.31. The van der Waals surface area contributed by atoms with Crippen LogP contribution in [0.25, 0.3) is 5.65 Å². The monoisotopic (exact) mass is 450 g/mol. The van der Waals surface area contributed by atoms with Crippen molar-refractivity contribution in [3.63, 3.8) is 0 Å². The van der Waals surface area contributed by atoms with Crippen molar-refractivity contribution in [1.29, 1.82) is 0 Å². The Kier molecular flexibility index (Phi) is 5.87. The molecule has 0 spiro atoms. The van der Waals surface area contributed by atoms with E-state index < -0.39 is 11.7 Å². The molecule has 0 N–H and O–H groups in total. The number of carbonyl (C=O) groups excluding carboxylic acids is 1. The normalized spacial score (nSPS) is 17.3. The first-order valence-electron chi connectivity index (χ1n) is 9.85. The van der Waals surface area contributed by atoms with Crippen molar-refractivity contribution in [2.75, 3.05) is 18.8 Å². The number of piperidine rings is 1. The van der Waals surface area contributed by atoms with Gasteiger partial charge >= 0.3 is 6.18 Å². The number of pyridine rings is 1. The minimum atomic E-state index is -4.45. The molecule has 1 amide bonds. The molecule has 0 aromatic carbocycles. The summed E-state index contributed by atoms with van der Waals surface area (Å²) in [7, 11) is 0. The average Bonchev–Trinajstić information content (AvgIpc) is 3.14. The standard InChI is InChI=1S/C20H21F3N6OS/c1-12-8-13(2)25-19(24-12)31-11-17(30)28-7-3-4-14(9-28)18-27-26-16-6-5-15(10-29(16)18)20(21,22)23/h5-6,8,10,14H,3-4,7,9,11H2,1-2H3. The number of carbonyl (C=O) groups is 1. The molecule has 7 nitrogen and oxygen atoms in total. The second-order valence-corrected chi connectivity index (χ2v) is 8.55.